The summed E-state index contributed by atoms with van der Waals surface area (Å²) in [7, 11) is 8.10. The molecule has 0 N–H and O–H groups in total. The smallest absolute Gasteiger partial charge is 0.232 e. The van der Waals surface area contributed by atoms with Gasteiger partial charge in [-0.3, -0.25) is 0 Å². The molecule has 0 atom stereocenters. The molecule has 0 amide bonds. The van der Waals surface area contributed by atoms with Gasteiger partial charge in [0.1, 0.15) is 43.6 Å². The normalized spacial score (nSPS) is 11.7. The van der Waals surface area contributed by atoms with Gasteiger partial charge >= 0.3 is 5.82 Å². The Balaban J connectivity index is 0.000000123. The highest BCUT2D eigenvalue weighted by molar-refractivity contribution is 7.27. The molecule has 0 aliphatic heterocycles. The largest absolute Gasteiger partial charge is 0.332 e. The van der Waals surface area contributed by atoms with Gasteiger partial charge in [0.15, 0.2) is 17.1 Å². The Hall–Kier alpha value is -9.32. The molecule has 8 aromatic carbocycles. The number of thiophene rings is 4. The lowest BCUT2D eigenvalue weighted by molar-refractivity contribution is -0.662. The summed E-state index contributed by atoms with van der Waals surface area (Å²) >= 11 is 6.54. The highest BCUT2D eigenvalue weighted by Crippen LogP contribution is 2.45. The Morgan fingerprint density at radius 3 is 1.26 bits per heavy atom. The minimum Gasteiger partial charge on any atom is -0.232 e. The van der Waals surface area contributed by atoms with E-state index in [-0.39, 0.29) is 29.2 Å². The van der Waals surface area contributed by atoms with E-state index in [0.717, 1.165) is 139 Å². The average Bonchev–Trinajstić information content (AvgIpc) is 1.62. The van der Waals surface area contributed by atoms with Crippen molar-refractivity contribution in [1.29, 1.82) is 0 Å². The molecule has 0 bridgehead atoms. The van der Waals surface area contributed by atoms with Gasteiger partial charge < -0.3 is 0 Å². The molecule has 8 nitrogen and oxygen atoms in total. The molecule has 522 valence electrons. The summed E-state index contributed by atoms with van der Waals surface area (Å²) in [6.45, 7) is 29.7. The SMILES string of the molecule is Cc1cc(C)c(C)c(-c2c3sc4c(C(C)C)c(F)ccc4c3nc[n+]2C)c1.Cc1cc(C)c(C)c(-c2c3sc4c(CC(C)C)c(F)ccc4c3nc[n+]2C)c1.Cc1ccccc1-c1c2sc3c(CC(C)C)c(F)ccc3c2nc[n+]1C.Cc1ccccc1-c1nc2sc3cc(F)ccc3c2c[n+]1C. The number of halogens is 4. The lowest BCUT2D eigenvalue weighted by atomic mass is 9.97. The fraction of sp³-hybridized carbons (Fsp3) is 0.264. The number of hydrogen-bond donors (Lipinski definition) is 0. The second kappa shape index (κ2) is 29.1. The van der Waals surface area contributed by atoms with Crippen molar-refractivity contribution < 1.29 is 35.8 Å². The van der Waals surface area contributed by atoms with Crippen LogP contribution in [0.5, 0.6) is 0 Å². The van der Waals surface area contributed by atoms with E-state index in [1.807, 2.05) is 102 Å². The third-order valence-electron chi connectivity index (χ3n) is 19.6. The number of hydrogen-bond acceptors (Lipinski definition) is 8. The minimum absolute atomic E-state index is 0.110. The molecular formula is C87H86F4N8S4+4. The van der Waals surface area contributed by atoms with Gasteiger partial charge in [0.25, 0.3) is 19.0 Å². The zero-order chi connectivity index (χ0) is 73.3. The third-order valence-corrected chi connectivity index (χ3v) is 24.4. The van der Waals surface area contributed by atoms with Crippen molar-refractivity contribution in [1.82, 2.24) is 19.9 Å². The summed E-state index contributed by atoms with van der Waals surface area (Å²) < 4.78 is 72.9. The first-order valence-corrected chi connectivity index (χ1v) is 38.3. The van der Waals surface area contributed by atoms with Gasteiger partial charge in [0.05, 0.1) is 39.1 Å². The maximum atomic E-state index is 14.7. The van der Waals surface area contributed by atoms with Crippen molar-refractivity contribution in [2.75, 3.05) is 0 Å². The highest BCUT2D eigenvalue weighted by Gasteiger charge is 2.29. The summed E-state index contributed by atoms with van der Waals surface area (Å²) in [6, 6.07) is 40.9. The maximum Gasteiger partial charge on any atom is 0.332 e. The Kier molecular flexibility index (Phi) is 20.3. The number of benzene rings is 8. The molecule has 16 aromatic rings. The molecule has 0 aliphatic carbocycles. The number of aryl methyl sites for hydroxylation is 10. The zero-order valence-corrected chi connectivity index (χ0v) is 65.1. The Morgan fingerprint density at radius 1 is 0.388 bits per heavy atom. The van der Waals surface area contributed by atoms with Crippen LogP contribution in [0.3, 0.4) is 0 Å². The summed E-state index contributed by atoms with van der Waals surface area (Å²) in [5.74, 6) is 1.30. The van der Waals surface area contributed by atoms with Gasteiger partial charge in [-0.15, -0.1) is 34.0 Å². The number of rotatable bonds is 9. The van der Waals surface area contributed by atoms with Crippen LogP contribution in [-0.2, 0) is 41.0 Å². The van der Waals surface area contributed by atoms with Crippen LogP contribution in [-0.4, -0.2) is 19.9 Å². The first-order valence-electron chi connectivity index (χ1n) is 35.0. The van der Waals surface area contributed by atoms with Crippen LogP contribution >= 0.6 is 45.3 Å². The number of nitrogens with zero attached hydrogens (tertiary/aromatic N) is 8. The highest BCUT2D eigenvalue weighted by atomic mass is 32.1. The molecule has 0 unspecified atom stereocenters. The van der Waals surface area contributed by atoms with Crippen molar-refractivity contribution in [3.63, 3.8) is 0 Å². The molecule has 16 rings (SSSR count). The van der Waals surface area contributed by atoms with Gasteiger partial charge in [-0.1, -0.05) is 119 Å². The van der Waals surface area contributed by atoms with E-state index in [4.69, 9.17) is 15.0 Å². The number of fused-ring (bicyclic) bond motifs is 12. The van der Waals surface area contributed by atoms with E-state index >= 15 is 0 Å². The van der Waals surface area contributed by atoms with E-state index in [1.165, 1.54) is 78.6 Å². The number of aromatic nitrogens is 8. The Morgan fingerprint density at radius 2 is 0.806 bits per heavy atom. The fourth-order valence-corrected chi connectivity index (χ4v) is 19.7. The van der Waals surface area contributed by atoms with Crippen molar-refractivity contribution in [2.45, 2.75) is 116 Å². The summed E-state index contributed by atoms with van der Waals surface area (Å²) in [4.78, 5) is 19.9. The third kappa shape index (κ3) is 13.7. The maximum absolute atomic E-state index is 14.7. The van der Waals surface area contributed by atoms with Crippen LogP contribution < -0.4 is 18.3 Å². The molecule has 0 saturated heterocycles. The van der Waals surface area contributed by atoms with Crippen molar-refractivity contribution in [2.24, 2.45) is 40.0 Å². The van der Waals surface area contributed by atoms with E-state index in [2.05, 4.69) is 169 Å². The van der Waals surface area contributed by atoms with Crippen molar-refractivity contribution in [3.8, 4) is 45.2 Å². The van der Waals surface area contributed by atoms with E-state index in [0.29, 0.717) is 11.8 Å². The van der Waals surface area contributed by atoms with Crippen molar-refractivity contribution >= 4 is 127 Å². The van der Waals surface area contributed by atoms with Crippen LogP contribution in [0.15, 0.2) is 153 Å². The summed E-state index contributed by atoms with van der Waals surface area (Å²) in [5, 5.41) is 5.28. The molecular weight excluding hydrogens is 1360 g/mol. The molecule has 0 saturated carbocycles. The Labute approximate surface area is 616 Å². The van der Waals surface area contributed by atoms with Crippen molar-refractivity contribution in [3.05, 3.63) is 237 Å². The molecule has 8 heterocycles. The first-order chi connectivity index (χ1) is 49.2. The fourth-order valence-electron chi connectivity index (χ4n) is 14.3. The molecule has 0 radical (unpaired) electrons. The van der Waals surface area contributed by atoms with E-state index in [9.17, 15) is 17.6 Å². The average molecular weight is 1450 g/mol. The van der Waals surface area contributed by atoms with Gasteiger partial charge in [-0.2, -0.15) is 0 Å². The molecule has 103 heavy (non-hydrogen) atoms. The topological polar surface area (TPSA) is 67.1 Å². The summed E-state index contributed by atoms with van der Waals surface area (Å²) in [6.07, 6.45) is 9.18. The quantitative estimate of drug-likeness (QED) is 0.107. The zero-order valence-electron chi connectivity index (χ0n) is 61.8. The second-order valence-corrected chi connectivity index (χ2v) is 32.8. The van der Waals surface area contributed by atoms with Crippen LogP contribution in [0.25, 0.3) is 126 Å². The van der Waals surface area contributed by atoms with Crippen LogP contribution in [0.2, 0.25) is 0 Å². The van der Waals surface area contributed by atoms with Gasteiger partial charge in [0, 0.05) is 73.7 Å². The summed E-state index contributed by atoms with van der Waals surface area (Å²) in [5.41, 5.74) is 23.6. The van der Waals surface area contributed by atoms with Crippen LogP contribution in [0.4, 0.5) is 17.6 Å². The van der Waals surface area contributed by atoms with Gasteiger partial charge in [-0.25, -0.2) is 35.8 Å². The molecule has 16 heteroatoms. The Bertz CT molecular complexity index is 6040. The second-order valence-electron chi connectivity index (χ2n) is 28.7. The lowest BCUT2D eigenvalue weighted by Crippen LogP contribution is -2.31. The van der Waals surface area contributed by atoms with Gasteiger partial charge in [-0.05, 0) is 212 Å². The predicted octanol–water partition coefficient (Wildman–Crippen LogP) is 22.3. The van der Waals surface area contributed by atoms with Gasteiger partial charge in [0.2, 0.25) is 21.4 Å². The van der Waals surface area contributed by atoms with E-state index < -0.39 is 0 Å². The molecule has 0 spiro atoms. The standard InChI is InChI=1S/C24H26FN2S.C23H24FN2S.C22H22FN2S.C18H14FN2S/c1-13(2)9-19-20(25)8-7-17-21-24(28-23(17)19)22(27(6)12-26-21)18-11-14(3)10-15(4)16(18)5;1-12(2)19-18(24)8-7-16-20-23(27-22(16)19)21(26(6)11-25-20)17-10-13(3)9-14(4)15(17)5;1-13(2)11-17-18(23)10-9-16-19-22(26-21(16)17)20(25(4)12-24-19)15-8-6-5-7-14(15)3;1-11-5-3-4-6-13(11)17-20-18-15(10-21(17)2)14-8-7-12(19)9-16(14)22-18/h7-8,10-13H,9H2,1-6H3;7-12H,1-6H3;5-10,12-13H,11H2,1-4H3;3-10H,1-2H3/q4*+1. The monoisotopic (exact) mass is 1450 g/mol. The molecule has 8 aromatic heterocycles. The van der Waals surface area contributed by atoms with Crippen LogP contribution in [0, 0.1) is 90.5 Å². The minimum atomic E-state index is -0.206. The van der Waals surface area contributed by atoms with Crippen LogP contribution in [0.1, 0.15) is 109 Å². The molecule has 0 aliphatic rings. The van der Waals surface area contributed by atoms with E-state index in [1.54, 1.807) is 58.3 Å². The lowest BCUT2D eigenvalue weighted by Gasteiger charge is -2.11. The first kappa shape index (κ1) is 72.0. The molecule has 0 fully saturated rings. The predicted molar refractivity (Wildman–Crippen MR) is 424 cm³/mol.